The van der Waals surface area contributed by atoms with Crippen molar-refractivity contribution in [2.24, 2.45) is 4.99 Å². The molecule has 0 amide bonds. The Morgan fingerprint density at radius 1 is 1.55 bits per heavy atom. The van der Waals surface area contributed by atoms with Crippen LogP contribution in [0.15, 0.2) is 11.1 Å². The topological polar surface area (TPSA) is 40.2 Å². The number of hydrogen-bond donors (Lipinski definition) is 2. The van der Waals surface area contributed by atoms with E-state index in [-0.39, 0.29) is 0 Å². The minimum atomic E-state index is 0.928. The van der Waals surface area contributed by atoms with Gasteiger partial charge in [-0.15, -0.1) is 0 Å². The summed E-state index contributed by atoms with van der Waals surface area (Å²) in [5, 5.41) is 2.84. The van der Waals surface area contributed by atoms with Crippen molar-refractivity contribution in [1.29, 1.82) is 0 Å². The average Bonchev–Trinajstić information content (AvgIpc) is 2.26. The molecule has 2 N–H and O–H groups in total. The SMILES string of the molecule is CN/C=N\c1[nH]c(C)cc1C. The molecular formula is C8H13N3. The molecule has 0 aliphatic rings. The molecule has 0 aromatic carbocycles. The van der Waals surface area contributed by atoms with Crippen LogP contribution in [-0.4, -0.2) is 18.4 Å². The molecule has 1 rings (SSSR count). The van der Waals surface area contributed by atoms with Gasteiger partial charge in [0.15, 0.2) is 0 Å². The molecule has 11 heavy (non-hydrogen) atoms. The van der Waals surface area contributed by atoms with Gasteiger partial charge in [-0.25, -0.2) is 4.99 Å². The third-order valence-corrected chi connectivity index (χ3v) is 1.44. The number of aromatic nitrogens is 1. The summed E-state index contributed by atoms with van der Waals surface area (Å²) in [6, 6.07) is 2.07. The summed E-state index contributed by atoms with van der Waals surface area (Å²) in [6.45, 7) is 4.05. The van der Waals surface area contributed by atoms with E-state index in [9.17, 15) is 0 Å². The van der Waals surface area contributed by atoms with Gasteiger partial charge in [-0.05, 0) is 25.5 Å². The maximum atomic E-state index is 4.15. The fraction of sp³-hybridized carbons (Fsp3) is 0.375. The standard InChI is InChI=1S/C8H13N3/c1-6-4-7(2)11-8(6)10-5-9-3/h4-5,11H,1-3H3,(H,9,10). The van der Waals surface area contributed by atoms with Crippen LogP contribution < -0.4 is 5.32 Å². The van der Waals surface area contributed by atoms with Crippen LogP contribution in [0.3, 0.4) is 0 Å². The third kappa shape index (κ3) is 1.83. The van der Waals surface area contributed by atoms with E-state index in [1.54, 1.807) is 6.34 Å². The molecule has 1 aromatic heterocycles. The number of aromatic amines is 1. The van der Waals surface area contributed by atoms with Gasteiger partial charge in [-0.3, -0.25) is 0 Å². The predicted molar refractivity (Wildman–Crippen MR) is 47.5 cm³/mol. The van der Waals surface area contributed by atoms with Crippen molar-refractivity contribution in [2.45, 2.75) is 13.8 Å². The molecular weight excluding hydrogens is 138 g/mol. The van der Waals surface area contributed by atoms with Crippen molar-refractivity contribution in [1.82, 2.24) is 10.3 Å². The molecule has 0 atom stereocenters. The number of nitrogens with zero attached hydrogens (tertiary/aromatic N) is 1. The van der Waals surface area contributed by atoms with E-state index in [4.69, 9.17) is 0 Å². The number of aryl methyl sites for hydroxylation is 2. The lowest BCUT2D eigenvalue weighted by Gasteiger charge is -1.89. The van der Waals surface area contributed by atoms with Crippen LogP contribution in [0.4, 0.5) is 5.82 Å². The van der Waals surface area contributed by atoms with Gasteiger partial charge >= 0.3 is 0 Å². The Kier molecular flexibility index (Phi) is 2.31. The summed E-state index contributed by atoms with van der Waals surface area (Å²) in [6.07, 6.45) is 1.66. The van der Waals surface area contributed by atoms with Gasteiger partial charge in [-0.2, -0.15) is 0 Å². The Morgan fingerprint density at radius 2 is 2.27 bits per heavy atom. The van der Waals surface area contributed by atoms with Crippen molar-refractivity contribution in [3.05, 3.63) is 17.3 Å². The lowest BCUT2D eigenvalue weighted by molar-refractivity contribution is 1.18. The van der Waals surface area contributed by atoms with Crippen LogP contribution in [0.25, 0.3) is 0 Å². The summed E-state index contributed by atoms with van der Waals surface area (Å²) in [7, 11) is 1.83. The fourth-order valence-corrected chi connectivity index (χ4v) is 0.978. The highest BCUT2D eigenvalue weighted by Crippen LogP contribution is 2.16. The van der Waals surface area contributed by atoms with Gasteiger partial charge in [0.25, 0.3) is 0 Å². The molecule has 1 aromatic rings. The quantitative estimate of drug-likeness (QED) is 0.488. The van der Waals surface area contributed by atoms with Gasteiger partial charge in [0.1, 0.15) is 5.82 Å². The molecule has 0 saturated heterocycles. The van der Waals surface area contributed by atoms with E-state index >= 15 is 0 Å². The first-order valence-electron chi connectivity index (χ1n) is 3.60. The fourth-order valence-electron chi connectivity index (χ4n) is 0.978. The summed E-state index contributed by atoms with van der Waals surface area (Å²) in [5.41, 5.74) is 2.32. The first-order chi connectivity index (χ1) is 5.24. The van der Waals surface area contributed by atoms with Gasteiger partial charge in [-0.1, -0.05) is 0 Å². The Bertz CT molecular complexity index is 260. The molecule has 0 saturated carbocycles. The molecule has 0 unspecified atom stereocenters. The molecule has 60 valence electrons. The molecule has 0 spiro atoms. The second-order valence-electron chi connectivity index (χ2n) is 2.53. The molecule has 3 heteroatoms. The monoisotopic (exact) mass is 151 g/mol. The lowest BCUT2D eigenvalue weighted by Crippen LogP contribution is -1.99. The predicted octanol–water partition coefficient (Wildman–Crippen LogP) is 1.51. The van der Waals surface area contributed by atoms with E-state index in [1.165, 1.54) is 5.56 Å². The largest absolute Gasteiger partial charge is 0.379 e. The molecule has 0 aliphatic carbocycles. The number of nitrogens with one attached hydrogen (secondary N) is 2. The normalized spacial score (nSPS) is 10.8. The number of hydrogen-bond acceptors (Lipinski definition) is 1. The van der Waals surface area contributed by atoms with Crippen LogP contribution in [0.5, 0.6) is 0 Å². The highest BCUT2D eigenvalue weighted by atomic mass is 15.0. The minimum Gasteiger partial charge on any atom is -0.379 e. The van der Waals surface area contributed by atoms with Gasteiger partial charge in [0.05, 0.1) is 6.34 Å². The first kappa shape index (κ1) is 7.85. The Labute approximate surface area is 66.5 Å². The van der Waals surface area contributed by atoms with Crippen molar-refractivity contribution >= 4 is 12.2 Å². The molecule has 1 heterocycles. The smallest absolute Gasteiger partial charge is 0.134 e. The molecule has 0 aliphatic heterocycles. The molecule has 3 nitrogen and oxygen atoms in total. The van der Waals surface area contributed by atoms with Crippen LogP contribution in [0, 0.1) is 13.8 Å². The zero-order chi connectivity index (χ0) is 8.27. The number of H-pyrrole nitrogens is 1. The van der Waals surface area contributed by atoms with Crippen LogP contribution in [0.1, 0.15) is 11.3 Å². The van der Waals surface area contributed by atoms with Crippen molar-refractivity contribution < 1.29 is 0 Å². The maximum absolute atomic E-state index is 4.15. The lowest BCUT2D eigenvalue weighted by atomic mass is 10.3. The summed E-state index contributed by atoms with van der Waals surface area (Å²) >= 11 is 0. The molecule has 0 radical (unpaired) electrons. The first-order valence-corrected chi connectivity index (χ1v) is 3.60. The summed E-state index contributed by atoms with van der Waals surface area (Å²) in [4.78, 5) is 7.29. The molecule has 0 bridgehead atoms. The highest BCUT2D eigenvalue weighted by Gasteiger charge is 1.96. The van der Waals surface area contributed by atoms with E-state index in [2.05, 4.69) is 21.4 Å². The van der Waals surface area contributed by atoms with E-state index in [0.717, 1.165) is 11.5 Å². The Hall–Kier alpha value is -1.25. The minimum absolute atomic E-state index is 0.928. The second kappa shape index (κ2) is 3.23. The van der Waals surface area contributed by atoms with Crippen LogP contribution in [-0.2, 0) is 0 Å². The van der Waals surface area contributed by atoms with Crippen molar-refractivity contribution in [2.75, 3.05) is 7.05 Å². The van der Waals surface area contributed by atoms with Gasteiger partial charge < -0.3 is 10.3 Å². The number of aliphatic imine (C=N–C) groups is 1. The molecule has 0 fully saturated rings. The third-order valence-electron chi connectivity index (χ3n) is 1.44. The zero-order valence-corrected chi connectivity index (χ0v) is 7.10. The van der Waals surface area contributed by atoms with E-state index < -0.39 is 0 Å². The average molecular weight is 151 g/mol. The van der Waals surface area contributed by atoms with E-state index in [0.29, 0.717) is 0 Å². The van der Waals surface area contributed by atoms with Gasteiger partial charge in [0.2, 0.25) is 0 Å². The Morgan fingerprint density at radius 3 is 2.73 bits per heavy atom. The second-order valence-corrected chi connectivity index (χ2v) is 2.53. The Balaban J connectivity index is 2.85. The maximum Gasteiger partial charge on any atom is 0.134 e. The van der Waals surface area contributed by atoms with Crippen LogP contribution >= 0.6 is 0 Å². The van der Waals surface area contributed by atoms with Crippen molar-refractivity contribution in [3.8, 4) is 0 Å². The van der Waals surface area contributed by atoms with E-state index in [1.807, 2.05) is 20.9 Å². The summed E-state index contributed by atoms with van der Waals surface area (Å²) in [5.74, 6) is 0.928. The van der Waals surface area contributed by atoms with Gasteiger partial charge in [0, 0.05) is 12.7 Å². The zero-order valence-electron chi connectivity index (χ0n) is 7.10. The van der Waals surface area contributed by atoms with Crippen LogP contribution in [0.2, 0.25) is 0 Å². The number of rotatable bonds is 2. The van der Waals surface area contributed by atoms with Crippen molar-refractivity contribution in [3.63, 3.8) is 0 Å². The highest BCUT2D eigenvalue weighted by molar-refractivity contribution is 5.60. The summed E-state index contributed by atoms with van der Waals surface area (Å²) < 4.78 is 0.